The van der Waals surface area contributed by atoms with Crippen LogP contribution in [0.3, 0.4) is 0 Å². The van der Waals surface area contributed by atoms with Gasteiger partial charge in [-0.25, -0.2) is 13.2 Å². The largest absolute Gasteiger partial charge is 0.334 e. The molecule has 0 spiro atoms. The number of carbonyl (C=O) groups excluding carboxylic acids is 1. The van der Waals surface area contributed by atoms with Crippen molar-refractivity contribution in [1.82, 2.24) is 15.3 Å². The molecule has 2 aromatic heterocycles. The zero-order chi connectivity index (χ0) is 18.4. The molecule has 0 bridgehead atoms. The van der Waals surface area contributed by atoms with Crippen molar-refractivity contribution in [3.63, 3.8) is 0 Å². The highest BCUT2D eigenvalue weighted by molar-refractivity contribution is 7.91. The fourth-order valence-electron chi connectivity index (χ4n) is 2.23. The number of urea groups is 1. The summed E-state index contributed by atoms with van der Waals surface area (Å²) in [4.78, 5) is 20.0. The number of amides is 2. The van der Waals surface area contributed by atoms with E-state index in [1.807, 2.05) is 6.07 Å². The number of hydrogen-bond acceptors (Lipinski definition) is 5. The number of nitrogens with one attached hydrogen (secondary N) is 2. The van der Waals surface area contributed by atoms with E-state index in [4.69, 9.17) is 0 Å². The van der Waals surface area contributed by atoms with E-state index >= 15 is 0 Å². The number of nitrogens with zero attached hydrogens (tertiary/aromatic N) is 2. The lowest BCUT2D eigenvalue weighted by Gasteiger charge is -2.09. The molecule has 0 aliphatic rings. The number of sulfone groups is 1. The van der Waals surface area contributed by atoms with Gasteiger partial charge in [0.25, 0.3) is 0 Å². The molecule has 0 aliphatic carbocycles. The third-order valence-electron chi connectivity index (χ3n) is 3.56. The van der Waals surface area contributed by atoms with Gasteiger partial charge in [-0.3, -0.25) is 9.97 Å². The van der Waals surface area contributed by atoms with E-state index in [2.05, 4.69) is 20.6 Å². The van der Waals surface area contributed by atoms with E-state index in [-0.39, 0.29) is 9.79 Å². The van der Waals surface area contributed by atoms with Crippen molar-refractivity contribution < 1.29 is 13.2 Å². The number of pyridine rings is 2. The molecule has 2 N–H and O–H groups in total. The fourth-order valence-corrected chi connectivity index (χ4v) is 3.48. The van der Waals surface area contributed by atoms with Crippen molar-refractivity contribution in [3.8, 4) is 0 Å². The Labute approximate surface area is 151 Å². The average molecular weight is 368 g/mol. The van der Waals surface area contributed by atoms with E-state index < -0.39 is 15.9 Å². The van der Waals surface area contributed by atoms with Gasteiger partial charge in [-0.05, 0) is 48.0 Å². The quantitative estimate of drug-likeness (QED) is 0.721. The molecule has 2 amide bonds. The standard InChI is InChI=1S/C18H16N4O3S/c23-18(21-13-14-2-1-9-20-12-14)22-15-3-5-16(6-4-15)26(24,25)17-7-10-19-11-8-17/h1-12H,13H2,(H2,21,22,23). The number of carbonyl (C=O) groups is 1. The van der Waals surface area contributed by atoms with Gasteiger partial charge >= 0.3 is 6.03 Å². The maximum absolute atomic E-state index is 12.5. The van der Waals surface area contributed by atoms with Crippen molar-refractivity contribution in [1.29, 1.82) is 0 Å². The lowest BCUT2D eigenvalue weighted by Crippen LogP contribution is -2.28. The molecule has 1 aromatic carbocycles. The van der Waals surface area contributed by atoms with Crippen LogP contribution in [0.25, 0.3) is 0 Å². The number of benzene rings is 1. The van der Waals surface area contributed by atoms with Crippen molar-refractivity contribution in [2.24, 2.45) is 0 Å². The third-order valence-corrected chi connectivity index (χ3v) is 5.34. The predicted molar refractivity (Wildman–Crippen MR) is 96.2 cm³/mol. The lowest BCUT2D eigenvalue weighted by molar-refractivity contribution is 0.251. The van der Waals surface area contributed by atoms with Crippen molar-refractivity contribution in [2.75, 3.05) is 5.32 Å². The Balaban J connectivity index is 1.63. The first kappa shape index (κ1) is 17.6. The minimum atomic E-state index is -3.61. The van der Waals surface area contributed by atoms with Gasteiger partial charge in [-0.2, -0.15) is 0 Å². The van der Waals surface area contributed by atoms with Crippen LogP contribution in [-0.4, -0.2) is 24.4 Å². The molecular formula is C18H16N4O3S. The summed E-state index contributed by atoms with van der Waals surface area (Å²) in [6.07, 6.45) is 6.18. The monoisotopic (exact) mass is 368 g/mol. The van der Waals surface area contributed by atoms with Gasteiger partial charge in [0.1, 0.15) is 0 Å². The van der Waals surface area contributed by atoms with Gasteiger partial charge in [0.05, 0.1) is 9.79 Å². The molecule has 0 saturated carbocycles. The maximum atomic E-state index is 12.5. The smallest absolute Gasteiger partial charge is 0.319 e. The third kappa shape index (κ3) is 4.22. The van der Waals surface area contributed by atoms with Crippen molar-refractivity contribution in [2.45, 2.75) is 16.3 Å². The minimum absolute atomic E-state index is 0.144. The number of rotatable bonds is 5. The highest BCUT2D eigenvalue weighted by Crippen LogP contribution is 2.21. The molecule has 3 aromatic rings. The Hall–Kier alpha value is -3.26. The Morgan fingerprint density at radius 3 is 2.23 bits per heavy atom. The topological polar surface area (TPSA) is 101 Å². The second kappa shape index (κ2) is 7.75. The van der Waals surface area contributed by atoms with E-state index in [0.29, 0.717) is 12.2 Å². The van der Waals surface area contributed by atoms with E-state index in [0.717, 1.165) is 5.56 Å². The van der Waals surface area contributed by atoms with Crippen LogP contribution in [0, 0.1) is 0 Å². The van der Waals surface area contributed by atoms with Crippen LogP contribution in [-0.2, 0) is 16.4 Å². The van der Waals surface area contributed by atoms with Crippen LogP contribution in [0.4, 0.5) is 10.5 Å². The number of aromatic nitrogens is 2. The van der Waals surface area contributed by atoms with Gasteiger partial charge in [-0.15, -0.1) is 0 Å². The SMILES string of the molecule is O=C(NCc1cccnc1)Nc1ccc(S(=O)(=O)c2ccncc2)cc1. The molecule has 0 saturated heterocycles. The molecule has 26 heavy (non-hydrogen) atoms. The summed E-state index contributed by atoms with van der Waals surface area (Å²) in [5.74, 6) is 0. The molecule has 0 aliphatic heterocycles. The first-order valence-electron chi connectivity index (χ1n) is 7.75. The summed E-state index contributed by atoms with van der Waals surface area (Å²) in [5, 5.41) is 5.36. The molecular weight excluding hydrogens is 352 g/mol. The van der Waals surface area contributed by atoms with Crippen molar-refractivity contribution >= 4 is 21.6 Å². The molecule has 0 radical (unpaired) electrons. The fraction of sp³-hybridized carbons (Fsp3) is 0.0556. The zero-order valence-corrected chi connectivity index (χ0v) is 14.5. The van der Waals surface area contributed by atoms with E-state index in [1.165, 1.54) is 48.8 Å². The summed E-state index contributed by atoms with van der Waals surface area (Å²) in [7, 11) is -3.61. The normalized spacial score (nSPS) is 10.9. The van der Waals surface area contributed by atoms with Crippen LogP contribution in [0.15, 0.2) is 83.1 Å². The highest BCUT2D eigenvalue weighted by Gasteiger charge is 2.17. The van der Waals surface area contributed by atoms with Gasteiger partial charge in [0.15, 0.2) is 0 Å². The van der Waals surface area contributed by atoms with Gasteiger partial charge in [-0.1, -0.05) is 6.07 Å². The molecule has 0 unspecified atom stereocenters. The molecule has 8 heteroatoms. The Kier molecular flexibility index (Phi) is 5.23. The number of anilines is 1. The highest BCUT2D eigenvalue weighted by atomic mass is 32.2. The second-order valence-corrected chi connectivity index (χ2v) is 7.33. The van der Waals surface area contributed by atoms with E-state index in [1.54, 1.807) is 18.5 Å². The van der Waals surface area contributed by atoms with Crippen LogP contribution in [0.1, 0.15) is 5.56 Å². The van der Waals surface area contributed by atoms with Crippen LogP contribution >= 0.6 is 0 Å². The average Bonchev–Trinajstić information content (AvgIpc) is 2.68. The summed E-state index contributed by atoms with van der Waals surface area (Å²) in [5.41, 5.74) is 1.36. The molecule has 0 atom stereocenters. The minimum Gasteiger partial charge on any atom is -0.334 e. The summed E-state index contributed by atoms with van der Waals surface area (Å²) < 4.78 is 25.0. The second-order valence-electron chi connectivity index (χ2n) is 5.38. The first-order valence-corrected chi connectivity index (χ1v) is 9.23. The molecule has 7 nitrogen and oxygen atoms in total. The van der Waals surface area contributed by atoms with Crippen LogP contribution < -0.4 is 10.6 Å². The predicted octanol–water partition coefficient (Wildman–Crippen LogP) is 2.63. The molecule has 132 valence electrons. The molecule has 2 heterocycles. The van der Waals surface area contributed by atoms with Gasteiger partial charge in [0, 0.05) is 37.0 Å². The first-order chi connectivity index (χ1) is 12.6. The van der Waals surface area contributed by atoms with Crippen molar-refractivity contribution in [3.05, 3.63) is 78.9 Å². The van der Waals surface area contributed by atoms with Gasteiger partial charge < -0.3 is 10.6 Å². The molecule has 0 fully saturated rings. The lowest BCUT2D eigenvalue weighted by atomic mass is 10.3. The Bertz CT molecular complexity index is 976. The molecule has 3 rings (SSSR count). The number of hydrogen-bond donors (Lipinski definition) is 2. The van der Waals surface area contributed by atoms with Gasteiger partial charge in [0.2, 0.25) is 9.84 Å². The summed E-state index contributed by atoms with van der Waals surface area (Å²) in [6.45, 7) is 0.341. The Morgan fingerprint density at radius 2 is 1.58 bits per heavy atom. The van der Waals surface area contributed by atoms with E-state index in [9.17, 15) is 13.2 Å². The maximum Gasteiger partial charge on any atom is 0.319 e. The van der Waals surface area contributed by atoms with Crippen LogP contribution in [0.2, 0.25) is 0 Å². The van der Waals surface area contributed by atoms with Crippen LogP contribution in [0.5, 0.6) is 0 Å². The Morgan fingerprint density at radius 1 is 0.885 bits per heavy atom. The zero-order valence-electron chi connectivity index (χ0n) is 13.7. The summed E-state index contributed by atoms with van der Waals surface area (Å²) in [6, 6.07) is 12.1. The summed E-state index contributed by atoms with van der Waals surface area (Å²) >= 11 is 0.